The Morgan fingerprint density at radius 1 is 1.28 bits per heavy atom. The number of halogens is 2. The van der Waals surface area contributed by atoms with Gasteiger partial charge in [-0.2, -0.15) is 0 Å². The molecule has 25 heavy (non-hydrogen) atoms. The molecule has 130 valence electrons. The zero-order valence-electron chi connectivity index (χ0n) is 13.5. The van der Waals surface area contributed by atoms with Crippen molar-refractivity contribution in [3.63, 3.8) is 0 Å². The first kappa shape index (κ1) is 17.8. The van der Waals surface area contributed by atoms with Crippen molar-refractivity contribution >= 4 is 50.7 Å². The van der Waals surface area contributed by atoms with E-state index in [4.69, 9.17) is 16.3 Å². The molecule has 1 heterocycles. The lowest BCUT2D eigenvalue weighted by Crippen LogP contribution is -2.25. The molecule has 0 unspecified atom stereocenters. The molecular weight excluding hydrogens is 408 g/mol. The van der Waals surface area contributed by atoms with Crippen molar-refractivity contribution in [1.29, 1.82) is 0 Å². The van der Waals surface area contributed by atoms with Gasteiger partial charge in [-0.15, -0.1) is 0 Å². The van der Waals surface area contributed by atoms with E-state index in [0.717, 1.165) is 17.7 Å². The summed E-state index contributed by atoms with van der Waals surface area (Å²) >= 11 is 9.22. The Morgan fingerprint density at radius 2 is 2.08 bits per heavy atom. The fourth-order valence-electron chi connectivity index (χ4n) is 2.74. The predicted molar refractivity (Wildman–Crippen MR) is 101 cm³/mol. The second-order valence-corrected chi connectivity index (χ2v) is 6.97. The molecule has 0 aromatic heterocycles. The molecule has 5 nitrogen and oxygen atoms in total. The number of carbonyl (C=O) groups is 2. The molecule has 0 fully saturated rings. The highest BCUT2D eigenvalue weighted by atomic mass is 79.9. The second-order valence-electron chi connectivity index (χ2n) is 5.68. The summed E-state index contributed by atoms with van der Waals surface area (Å²) in [5.41, 5.74) is 2.65. The molecule has 0 radical (unpaired) electrons. The summed E-state index contributed by atoms with van der Waals surface area (Å²) in [6.45, 7) is 2.11. The molecule has 2 amide bonds. The lowest BCUT2D eigenvalue weighted by molar-refractivity contribution is -0.118. The monoisotopic (exact) mass is 422 g/mol. The number of fused-ring (bicyclic) bond motifs is 1. The molecule has 0 spiro atoms. The molecule has 0 bridgehead atoms. The van der Waals surface area contributed by atoms with E-state index in [0.29, 0.717) is 27.5 Å². The van der Waals surface area contributed by atoms with Crippen LogP contribution in [0.3, 0.4) is 0 Å². The second kappa shape index (κ2) is 7.45. The maximum Gasteiger partial charge on any atom is 0.262 e. The number of ether oxygens (including phenoxy) is 1. The van der Waals surface area contributed by atoms with Crippen LogP contribution in [0, 0.1) is 0 Å². The van der Waals surface area contributed by atoms with Crippen molar-refractivity contribution in [2.75, 3.05) is 23.4 Å². The fourth-order valence-corrected chi connectivity index (χ4v) is 3.54. The number of carbonyl (C=O) groups excluding carboxylic acids is 2. The van der Waals surface area contributed by atoms with Gasteiger partial charge >= 0.3 is 0 Å². The quantitative estimate of drug-likeness (QED) is 0.808. The van der Waals surface area contributed by atoms with Gasteiger partial charge in [0.25, 0.3) is 5.91 Å². The summed E-state index contributed by atoms with van der Waals surface area (Å²) in [6, 6.07) is 10.6. The summed E-state index contributed by atoms with van der Waals surface area (Å²) in [5, 5.41) is 3.39. The minimum Gasteiger partial charge on any atom is -0.483 e. The van der Waals surface area contributed by atoms with Crippen LogP contribution >= 0.6 is 27.5 Å². The van der Waals surface area contributed by atoms with E-state index in [1.807, 2.05) is 12.1 Å². The summed E-state index contributed by atoms with van der Waals surface area (Å²) in [7, 11) is 0. The fraction of sp³-hybridized carbons (Fsp3) is 0.222. The van der Waals surface area contributed by atoms with Crippen molar-refractivity contribution in [3.8, 4) is 5.75 Å². The first-order valence-electron chi connectivity index (χ1n) is 7.73. The van der Waals surface area contributed by atoms with E-state index in [9.17, 15) is 9.59 Å². The Bertz CT molecular complexity index is 841. The van der Waals surface area contributed by atoms with Crippen LogP contribution in [0.2, 0.25) is 5.02 Å². The predicted octanol–water partition coefficient (Wildman–Crippen LogP) is 4.03. The maximum absolute atomic E-state index is 12.1. The van der Waals surface area contributed by atoms with E-state index < -0.39 is 0 Å². The summed E-state index contributed by atoms with van der Waals surface area (Å²) in [4.78, 5) is 25.4. The summed E-state index contributed by atoms with van der Waals surface area (Å²) in [6.07, 6.45) is 0.785. The normalized spacial score (nSPS) is 12.7. The molecule has 0 saturated heterocycles. The van der Waals surface area contributed by atoms with Crippen molar-refractivity contribution in [3.05, 3.63) is 51.5 Å². The van der Waals surface area contributed by atoms with Crippen LogP contribution in [0.4, 0.5) is 11.4 Å². The Balaban J connectivity index is 1.61. The Labute approximate surface area is 159 Å². The smallest absolute Gasteiger partial charge is 0.262 e. The molecule has 0 saturated carbocycles. The van der Waals surface area contributed by atoms with E-state index in [1.54, 1.807) is 36.1 Å². The number of rotatable bonds is 4. The zero-order valence-corrected chi connectivity index (χ0v) is 15.9. The maximum atomic E-state index is 12.1. The molecular formula is C18H16BrClN2O3. The molecule has 2 aromatic rings. The Morgan fingerprint density at radius 3 is 2.80 bits per heavy atom. The molecule has 7 heteroatoms. The van der Waals surface area contributed by atoms with E-state index >= 15 is 0 Å². The number of nitrogens with one attached hydrogen (secondary N) is 1. The molecule has 1 aliphatic heterocycles. The molecule has 1 aliphatic rings. The van der Waals surface area contributed by atoms with Gasteiger partial charge in [0.1, 0.15) is 5.75 Å². The first-order valence-corrected chi connectivity index (χ1v) is 8.90. The molecule has 0 atom stereocenters. The number of anilines is 2. The van der Waals surface area contributed by atoms with Gasteiger partial charge in [-0.05, 0) is 64.3 Å². The molecule has 2 aromatic carbocycles. The van der Waals surface area contributed by atoms with Crippen LogP contribution in [0.1, 0.15) is 12.5 Å². The van der Waals surface area contributed by atoms with Gasteiger partial charge in [-0.25, -0.2) is 0 Å². The summed E-state index contributed by atoms with van der Waals surface area (Å²) in [5.74, 6) is 0.311. The summed E-state index contributed by atoms with van der Waals surface area (Å²) < 4.78 is 6.19. The van der Waals surface area contributed by atoms with Crippen LogP contribution in [-0.2, 0) is 16.0 Å². The van der Waals surface area contributed by atoms with Gasteiger partial charge in [0, 0.05) is 29.9 Å². The number of amides is 2. The zero-order chi connectivity index (χ0) is 18.0. The van der Waals surface area contributed by atoms with Crippen LogP contribution in [-0.4, -0.2) is 25.0 Å². The van der Waals surface area contributed by atoms with Gasteiger partial charge in [0.05, 0.1) is 4.47 Å². The van der Waals surface area contributed by atoms with E-state index in [2.05, 4.69) is 21.2 Å². The van der Waals surface area contributed by atoms with Crippen molar-refractivity contribution in [2.24, 2.45) is 0 Å². The topological polar surface area (TPSA) is 58.6 Å². The SMILES string of the molecule is CC(=O)N1CCc2cc(NC(=O)COc3ccc(Cl)cc3Br)ccc21. The van der Waals surface area contributed by atoms with Crippen LogP contribution in [0.25, 0.3) is 0 Å². The van der Waals surface area contributed by atoms with Crippen molar-refractivity contribution < 1.29 is 14.3 Å². The number of hydrogen-bond acceptors (Lipinski definition) is 3. The minimum absolute atomic E-state index is 0.0254. The largest absolute Gasteiger partial charge is 0.483 e. The lowest BCUT2D eigenvalue weighted by atomic mass is 10.1. The minimum atomic E-state index is -0.261. The standard InChI is InChI=1S/C18H16BrClN2O3/c1-11(23)22-7-6-12-8-14(3-4-16(12)22)21-18(24)10-25-17-5-2-13(20)9-15(17)19/h2-5,8-9H,6-7,10H2,1H3,(H,21,24). The van der Waals surface area contributed by atoms with Crippen LogP contribution in [0.15, 0.2) is 40.9 Å². The average Bonchev–Trinajstić information content (AvgIpc) is 2.97. The van der Waals surface area contributed by atoms with Crippen molar-refractivity contribution in [1.82, 2.24) is 0 Å². The third-order valence-corrected chi connectivity index (χ3v) is 4.75. The van der Waals surface area contributed by atoms with Crippen LogP contribution in [0.5, 0.6) is 5.75 Å². The highest BCUT2D eigenvalue weighted by Crippen LogP contribution is 2.31. The third-order valence-electron chi connectivity index (χ3n) is 3.89. The Kier molecular flexibility index (Phi) is 5.30. The first-order chi connectivity index (χ1) is 11.9. The van der Waals surface area contributed by atoms with Gasteiger partial charge in [0.15, 0.2) is 6.61 Å². The number of benzene rings is 2. The molecule has 0 aliphatic carbocycles. The van der Waals surface area contributed by atoms with Gasteiger partial charge in [-0.3, -0.25) is 9.59 Å². The van der Waals surface area contributed by atoms with Gasteiger partial charge in [-0.1, -0.05) is 11.6 Å². The highest BCUT2D eigenvalue weighted by Gasteiger charge is 2.22. The molecule has 1 N–H and O–H groups in total. The van der Waals surface area contributed by atoms with Crippen molar-refractivity contribution in [2.45, 2.75) is 13.3 Å². The highest BCUT2D eigenvalue weighted by molar-refractivity contribution is 9.10. The third kappa shape index (κ3) is 4.14. The van der Waals surface area contributed by atoms with Gasteiger partial charge < -0.3 is 15.0 Å². The van der Waals surface area contributed by atoms with E-state index in [1.165, 1.54) is 0 Å². The number of nitrogens with zero attached hydrogens (tertiary/aromatic N) is 1. The number of hydrogen-bond donors (Lipinski definition) is 1. The Hall–Kier alpha value is -2.05. The lowest BCUT2D eigenvalue weighted by Gasteiger charge is -2.15. The average molecular weight is 424 g/mol. The van der Waals surface area contributed by atoms with Gasteiger partial charge in [0.2, 0.25) is 5.91 Å². The van der Waals surface area contributed by atoms with Crippen LogP contribution < -0.4 is 15.0 Å². The molecule has 3 rings (SSSR count). The van der Waals surface area contributed by atoms with E-state index in [-0.39, 0.29) is 18.4 Å².